The van der Waals surface area contributed by atoms with Crippen LogP contribution in [0.25, 0.3) is 5.57 Å². The zero-order valence-corrected chi connectivity index (χ0v) is 16.3. The molecule has 7 nitrogen and oxygen atoms in total. The number of nitrogens with zero attached hydrogens (tertiary/aromatic N) is 2. The predicted molar refractivity (Wildman–Crippen MR) is 107 cm³/mol. The zero-order valence-electron chi connectivity index (χ0n) is 16.3. The Labute approximate surface area is 164 Å². The van der Waals surface area contributed by atoms with Crippen molar-refractivity contribution < 1.29 is 19.1 Å². The van der Waals surface area contributed by atoms with Crippen LogP contribution in [0.15, 0.2) is 42.5 Å². The first-order chi connectivity index (χ1) is 13.5. The highest BCUT2D eigenvalue weighted by molar-refractivity contribution is 5.77. The summed E-state index contributed by atoms with van der Waals surface area (Å²) in [5.74, 6) is 2.14. The van der Waals surface area contributed by atoms with Gasteiger partial charge >= 0.3 is 0 Å². The van der Waals surface area contributed by atoms with Gasteiger partial charge in [-0.1, -0.05) is 18.2 Å². The summed E-state index contributed by atoms with van der Waals surface area (Å²) in [4.78, 5) is 12.7. The molecule has 0 fully saturated rings. The van der Waals surface area contributed by atoms with E-state index in [1.54, 1.807) is 33.5 Å². The van der Waals surface area contributed by atoms with Gasteiger partial charge in [0.15, 0.2) is 0 Å². The van der Waals surface area contributed by atoms with Crippen LogP contribution in [0.3, 0.4) is 0 Å². The average Bonchev–Trinajstić information content (AvgIpc) is 2.73. The van der Waals surface area contributed by atoms with E-state index in [-0.39, 0.29) is 10.6 Å². The highest BCUT2D eigenvalue weighted by Gasteiger charge is 2.21. The van der Waals surface area contributed by atoms with E-state index < -0.39 is 0 Å². The van der Waals surface area contributed by atoms with Gasteiger partial charge < -0.3 is 14.2 Å². The number of non-ortho nitro benzene ring substituents is 1. The smallest absolute Gasteiger partial charge is 0.269 e. The number of hydrogen-bond acceptors (Lipinski definition) is 6. The van der Waals surface area contributed by atoms with Crippen LogP contribution in [0.5, 0.6) is 17.2 Å². The molecule has 0 radical (unpaired) electrons. The van der Waals surface area contributed by atoms with Crippen LogP contribution >= 0.6 is 0 Å². The Morgan fingerprint density at radius 3 is 2.14 bits per heavy atom. The van der Waals surface area contributed by atoms with Gasteiger partial charge in [0.1, 0.15) is 17.2 Å². The minimum atomic E-state index is -0.380. The van der Waals surface area contributed by atoms with Crippen LogP contribution < -0.4 is 14.2 Å². The Kier molecular flexibility index (Phi) is 6.16. The Balaban J connectivity index is 1.75. The molecule has 0 spiro atoms. The lowest BCUT2D eigenvalue weighted by molar-refractivity contribution is -0.384. The van der Waals surface area contributed by atoms with Crippen molar-refractivity contribution in [1.29, 1.82) is 0 Å². The van der Waals surface area contributed by atoms with Crippen molar-refractivity contribution >= 4 is 11.3 Å². The molecule has 2 aromatic carbocycles. The van der Waals surface area contributed by atoms with Gasteiger partial charge in [0.2, 0.25) is 0 Å². The standard InChI is InChI=1S/C21H24N2O5/c1-26-18-12-19(27-2)21(20(13-18)28-3)16-8-10-22(11-9-16)14-15-4-6-17(7-5-15)23(24)25/h4-8,12-13H,9-11,14H2,1-3H3. The van der Waals surface area contributed by atoms with Crippen molar-refractivity contribution in [1.82, 2.24) is 4.90 Å². The second-order valence-electron chi connectivity index (χ2n) is 6.54. The van der Waals surface area contributed by atoms with Gasteiger partial charge in [-0.15, -0.1) is 0 Å². The van der Waals surface area contributed by atoms with Crippen LogP contribution in [-0.2, 0) is 6.54 Å². The first kappa shape index (κ1) is 19.7. The van der Waals surface area contributed by atoms with Crippen LogP contribution in [0.1, 0.15) is 17.5 Å². The maximum Gasteiger partial charge on any atom is 0.269 e. The van der Waals surface area contributed by atoms with Crippen LogP contribution in [0, 0.1) is 10.1 Å². The summed E-state index contributed by atoms with van der Waals surface area (Å²) in [5.41, 5.74) is 3.31. The monoisotopic (exact) mass is 384 g/mol. The highest BCUT2D eigenvalue weighted by Crippen LogP contribution is 2.40. The molecule has 7 heteroatoms. The van der Waals surface area contributed by atoms with Crippen molar-refractivity contribution in [3.05, 3.63) is 63.7 Å². The number of methoxy groups -OCH3 is 3. The van der Waals surface area contributed by atoms with Crippen LogP contribution in [0.4, 0.5) is 5.69 Å². The lowest BCUT2D eigenvalue weighted by atomic mass is 9.97. The van der Waals surface area contributed by atoms with Gasteiger partial charge in [-0.05, 0) is 17.6 Å². The van der Waals surface area contributed by atoms with Crippen LogP contribution in [-0.4, -0.2) is 44.2 Å². The predicted octanol–water partition coefficient (Wildman–Crippen LogP) is 3.91. The summed E-state index contributed by atoms with van der Waals surface area (Å²) in [6.45, 7) is 2.41. The third-order valence-corrected chi connectivity index (χ3v) is 4.88. The van der Waals surface area contributed by atoms with Gasteiger partial charge in [0, 0.05) is 43.9 Å². The molecule has 0 atom stereocenters. The lowest BCUT2D eigenvalue weighted by Gasteiger charge is -2.27. The molecule has 1 heterocycles. The van der Waals surface area contributed by atoms with E-state index in [0.717, 1.165) is 48.7 Å². The molecule has 148 valence electrons. The third kappa shape index (κ3) is 4.26. The van der Waals surface area contributed by atoms with Gasteiger partial charge in [-0.2, -0.15) is 0 Å². The SMILES string of the molecule is COc1cc(OC)c(C2=CCN(Cc3ccc([N+](=O)[O-])cc3)CC2)c(OC)c1. The van der Waals surface area contributed by atoms with Crippen molar-refractivity contribution in [3.8, 4) is 17.2 Å². The maximum absolute atomic E-state index is 10.8. The molecule has 3 rings (SSSR count). The first-order valence-corrected chi connectivity index (χ1v) is 9.00. The lowest BCUT2D eigenvalue weighted by Crippen LogP contribution is -2.28. The van der Waals surface area contributed by atoms with E-state index in [1.807, 2.05) is 24.3 Å². The van der Waals surface area contributed by atoms with E-state index in [2.05, 4.69) is 11.0 Å². The number of hydrogen-bond donors (Lipinski definition) is 0. The maximum atomic E-state index is 10.8. The van der Waals surface area contributed by atoms with E-state index in [1.165, 1.54) is 5.57 Å². The molecule has 0 saturated carbocycles. The number of ether oxygens (including phenoxy) is 3. The second kappa shape index (κ2) is 8.75. The summed E-state index contributed by atoms with van der Waals surface area (Å²) in [5, 5.41) is 10.8. The molecule has 2 aromatic rings. The van der Waals surface area contributed by atoms with Crippen molar-refractivity contribution in [2.75, 3.05) is 34.4 Å². The van der Waals surface area contributed by atoms with Gasteiger partial charge in [-0.25, -0.2) is 0 Å². The number of benzene rings is 2. The van der Waals surface area contributed by atoms with Crippen molar-refractivity contribution in [2.45, 2.75) is 13.0 Å². The average molecular weight is 384 g/mol. The molecule has 28 heavy (non-hydrogen) atoms. The summed E-state index contributed by atoms with van der Waals surface area (Å²) in [6, 6.07) is 10.4. The molecule has 0 unspecified atom stereocenters. The normalized spacial score (nSPS) is 14.3. The highest BCUT2D eigenvalue weighted by atomic mass is 16.6. The molecule has 1 aliphatic heterocycles. The zero-order chi connectivity index (χ0) is 20.1. The molecule has 0 bridgehead atoms. The largest absolute Gasteiger partial charge is 0.496 e. The summed E-state index contributed by atoms with van der Waals surface area (Å²) in [7, 11) is 4.90. The Morgan fingerprint density at radius 2 is 1.68 bits per heavy atom. The van der Waals surface area contributed by atoms with E-state index in [9.17, 15) is 10.1 Å². The van der Waals surface area contributed by atoms with Gasteiger partial charge in [0.25, 0.3) is 5.69 Å². The van der Waals surface area contributed by atoms with Crippen molar-refractivity contribution in [2.24, 2.45) is 0 Å². The second-order valence-corrected chi connectivity index (χ2v) is 6.54. The molecule has 1 aliphatic rings. The molecule has 0 aromatic heterocycles. The molecule has 0 amide bonds. The Morgan fingerprint density at radius 1 is 1.04 bits per heavy atom. The number of rotatable bonds is 7. The molecular formula is C21H24N2O5. The fourth-order valence-corrected chi connectivity index (χ4v) is 3.39. The summed E-state index contributed by atoms with van der Waals surface area (Å²) >= 11 is 0. The van der Waals surface area contributed by atoms with Gasteiger partial charge in [-0.3, -0.25) is 15.0 Å². The van der Waals surface area contributed by atoms with E-state index in [4.69, 9.17) is 14.2 Å². The Bertz CT molecular complexity index is 852. The summed E-state index contributed by atoms with van der Waals surface area (Å²) < 4.78 is 16.5. The molecule has 0 saturated heterocycles. The fraction of sp³-hybridized carbons (Fsp3) is 0.333. The minimum Gasteiger partial charge on any atom is -0.496 e. The number of nitro benzene ring substituents is 1. The fourth-order valence-electron chi connectivity index (χ4n) is 3.39. The van der Waals surface area contributed by atoms with Crippen molar-refractivity contribution in [3.63, 3.8) is 0 Å². The summed E-state index contributed by atoms with van der Waals surface area (Å²) in [6.07, 6.45) is 3.04. The van der Waals surface area contributed by atoms with E-state index >= 15 is 0 Å². The molecule has 0 N–H and O–H groups in total. The molecular weight excluding hydrogens is 360 g/mol. The third-order valence-electron chi connectivity index (χ3n) is 4.88. The van der Waals surface area contributed by atoms with Gasteiger partial charge in [0.05, 0.1) is 31.8 Å². The quantitative estimate of drug-likeness (QED) is 0.532. The number of nitro groups is 1. The topological polar surface area (TPSA) is 74.1 Å². The Hall–Kier alpha value is -3.06. The van der Waals surface area contributed by atoms with E-state index in [0.29, 0.717) is 5.75 Å². The minimum absolute atomic E-state index is 0.114. The molecule has 0 aliphatic carbocycles. The van der Waals surface area contributed by atoms with Crippen LogP contribution in [0.2, 0.25) is 0 Å². The first-order valence-electron chi connectivity index (χ1n) is 9.00.